The number of pyridine rings is 1. The minimum Gasteiger partial charge on any atom is -0.478 e. The molecular weight excluding hydrogens is 232 g/mol. The Morgan fingerprint density at radius 3 is 2.83 bits per heavy atom. The van der Waals surface area contributed by atoms with Gasteiger partial charge in [0.15, 0.2) is 0 Å². The van der Waals surface area contributed by atoms with Crippen molar-refractivity contribution >= 4 is 23.8 Å². The SMILES string of the molecule is CC1CC1C(=O)Nc1cccc(/C=C/C(=O)O)n1. The lowest BCUT2D eigenvalue weighted by atomic mass is 10.3. The summed E-state index contributed by atoms with van der Waals surface area (Å²) in [5, 5.41) is 11.2. The number of nitrogens with one attached hydrogen (secondary N) is 1. The van der Waals surface area contributed by atoms with Gasteiger partial charge in [0.1, 0.15) is 5.82 Å². The Labute approximate surface area is 105 Å². The summed E-state index contributed by atoms with van der Waals surface area (Å²) in [5.41, 5.74) is 0.499. The molecule has 1 aromatic heterocycles. The maximum absolute atomic E-state index is 11.7. The molecular formula is C13H14N2O3. The number of carbonyl (C=O) groups is 2. The molecule has 1 heterocycles. The van der Waals surface area contributed by atoms with E-state index in [0.29, 0.717) is 17.4 Å². The van der Waals surface area contributed by atoms with Crippen LogP contribution in [0.3, 0.4) is 0 Å². The number of nitrogens with zero attached hydrogens (tertiary/aromatic N) is 1. The monoisotopic (exact) mass is 246 g/mol. The maximum Gasteiger partial charge on any atom is 0.328 e. The third-order valence-corrected chi connectivity index (χ3v) is 2.86. The second-order valence-corrected chi connectivity index (χ2v) is 4.43. The molecule has 2 unspecified atom stereocenters. The third-order valence-electron chi connectivity index (χ3n) is 2.86. The fourth-order valence-electron chi connectivity index (χ4n) is 1.68. The predicted octanol–water partition coefficient (Wildman–Crippen LogP) is 1.77. The number of carboxylic acid groups (broad SMARTS) is 1. The Morgan fingerprint density at radius 1 is 1.50 bits per heavy atom. The fourth-order valence-corrected chi connectivity index (χ4v) is 1.68. The molecule has 2 rings (SSSR count). The molecule has 0 saturated heterocycles. The van der Waals surface area contributed by atoms with E-state index in [1.165, 1.54) is 6.08 Å². The normalized spacial score (nSPS) is 21.8. The van der Waals surface area contributed by atoms with Gasteiger partial charge in [-0.2, -0.15) is 0 Å². The second kappa shape index (κ2) is 5.00. The quantitative estimate of drug-likeness (QED) is 0.793. The highest BCUT2D eigenvalue weighted by Gasteiger charge is 2.39. The van der Waals surface area contributed by atoms with Gasteiger partial charge in [-0.15, -0.1) is 0 Å². The first-order valence-corrected chi connectivity index (χ1v) is 5.75. The summed E-state index contributed by atoms with van der Waals surface area (Å²) in [5.74, 6) is -0.0656. The van der Waals surface area contributed by atoms with Crippen LogP contribution >= 0.6 is 0 Å². The first-order valence-electron chi connectivity index (χ1n) is 5.75. The van der Waals surface area contributed by atoms with Gasteiger partial charge in [0.2, 0.25) is 5.91 Å². The van der Waals surface area contributed by atoms with E-state index in [4.69, 9.17) is 5.11 Å². The first-order chi connectivity index (χ1) is 8.56. The zero-order valence-corrected chi connectivity index (χ0v) is 9.96. The Morgan fingerprint density at radius 2 is 2.22 bits per heavy atom. The first kappa shape index (κ1) is 12.3. The summed E-state index contributed by atoms with van der Waals surface area (Å²) in [6.45, 7) is 2.03. The molecule has 0 bridgehead atoms. The fraction of sp³-hybridized carbons (Fsp3) is 0.308. The van der Waals surface area contributed by atoms with Crippen molar-refractivity contribution < 1.29 is 14.7 Å². The smallest absolute Gasteiger partial charge is 0.328 e. The Hall–Kier alpha value is -2.17. The van der Waals surface area contributed by atoms with E-state index < -0.39 is 5.97 Å². The lowest BCUT2D eigenvalue weighted by Gasteiger charge is -2.04. The van der Waals surface area contributed by atoms with Gasteiger partial charge in [0, 0.05) is 12.0 Å². The van der Waals surface area contributed by atoms with Crippen LogP contribution in [-0.4, -0.2) is 22.0 Å². The molecule has 1 saturated carbocycles. The minimum atomic E-state index is -1.03. The maximum atomic E-state index is 11.7. The van der Waals surface area contributed by atoms with Gasteiger partial charge in [-0.05, 0) is 30.5 Å². The predicted molar refractivity (Wildman–Crippen MR) is 66.8 cm³/mol. The van der Waals surface area contributed by atoms with Crippen LogP contribution in [0, 0.1) is 11.8 Å². The van der Waals surface area contributed by atoms with Gasteiger partial charge in [-0.25, -0.2) is 9.78 Å². The van der Waals surface area contributed by atoms with Crippen molar-refractivity contribution in [3.63, 3.8) is 0 Å². The van der Waals surface area contributed by atoms with E-state index >= 15 is 0 Å². The standard InChI is InChI=1S/C13H14N2O3/c1-8-7-10(8)13(18)15-11-4-2-3-9(14-11)5-6-12(16)17/h2-6,8,10H,7H2,1H3,(H,16,17)(H,14,15,18)/b6-5+. The van der Waals surface area contributed by atoms with Crippen LogP contribution in [0.15, 0.2) is 24.3 Å². The molecule has 2 N–H and O–H groups in total. The molecule has 0 aliphatic heterocycles. The van der Waals surface area contributed by atoms with Crippen LogP contribution in [0.5, 0.6) is 0 Å². The van der Waals surface area contributed by atoms with Gasteiger partial charge in [0.05, 0.1) is 5.69 Å². The molecule has 1 aliphatic carbocycles. The molecule has 0 spiro atoms. The highest BCUT2D eigenvalue weighted by molar-refractivity contribution is 5.93. The van der Waals surface area contributed by atoms with Gasteiger partial charge in [0.25, 0.3) is 0 Å². The number of aliphatic carboxylic acids is 1. The molecule has 1 fully saturated rings. The van der Waals surface area contributed by atoms with Crippen LogP contribution < -0.4 is 5.32 Å². The summed E-state index contributed by atoms with van der Waals surface area (Å²) >= 11 is 0. The molecule has 0 aromatic carbocycles. The summed E-state index contributed by atoms with van der Waals surface area (Å²) in [7, 11) is 0. The Bertz CT molecular complexity index is 511. The van der Waals surface area contributed by atoms with Crippen molar-refractivity contribution in [1.29, 1.82) is 0 Å². The van der Waals surface area contributed by atoms with Crippen molar-refractivity contribution in [2.45, 2.75) is 13.3 Å². The molecule has 0 radical (unpaired) electrons. The molecule has 5 nitrogen and oxygen atoms in total. The Balaban J connectivity index is 2.03. The van der Waals surface area contributed by atoms with Crippen LogP contribution in [0.25, 0.3) is 6.08 Å². The minimum absolute atomic E-state index is 0.0191. The second-order valence-electron chi connectivity index (χ2n) is 4.43. The van der Waals surface area contributed by atoms with Crippen LogP contribution in [0.2, 0.25) is 0 Å². The van der Waals surface area contributed by atoms with Crippen LogP contribution in [-0.2, 0) is 9.59 Å². The number of rotatable bonds is 4. The highest BCUT2D eigenvalue weighted by Crippen LogP contribution is 2.38. The lowest BCUT2D eigenvalue weighted by molar-refractivity contribution is -0.131. The molecule has 1 aromatic rings. The van der Waals surface area contributed by atoms with E-state index in [-0.39, 0.29) is 11.8 Å². The summed E-state index contributed by atoms with van der Waals surface area (Å²) in [6, 6.07) is 5.08. The number of anilines is 1. The van der Waals surface area contributed by atoms with Crippen LogP contribution in [0.4, 0.5) is 5.82 Å². The number of carbonyl (C=O) groups excluding carboxylic acids is 1. The lowest BCUT2D eigenvalue weighted by Crippen LogP contribution is -2.15. The van der Waals surface area contributed by atoms with E-state index in [1.807, 2.05) is 6.92 Å². The molecule has 1 aliphatic rings. The highest BCUT2D eigenvalue weighted by atomic mass is 16.4. The van der Waals surface area contributed by atoms with Crippen molar-refractivity contribution in [1.82, 2.24) is 4.98 Å². The zero-order chi connectivity index (χ0) is 13.1. The number of hydrogen-bond acceptors (Lipinski definition) is 3. The van der Waals surface area contributed by atoms with E-state index in [0.717, 1.165) is 12.5 Å². The number of amides is 1. The van der Waals surface area contributed by atoms with E-state index in [1.54, 1.807) is 18.2 Å². The number of carboxylic acids is 1. The molecule has 1 amide bonds. The average molecular weight is 246 g/mol. The number of hydrogen-bond donors (Lipinski definition) is 2. The summed E-state index contributed by atoms with van der Waals surface area (Å²) < 4.78 is 0. The van der Waals surface area contributed by atoms with E-state index in [2.05, 4.69) is 10.3 Å². The van der Waals surface area contributed by atoms with Gasteiger partial charge >= 0.3 is 5.97 Å². The van der Waals surface area contributed by atoms with Crippen molar-refractivity contribution in [2.24, 2.45) is 11.8 Å². The molecule has 2 atom stereocenters. The average Bonchev–Trinajstić information content (AvgIpc) is 3.04. The van der Waals surface area contributed by atoms with Crippen molar-refractivity contribution in [3.8, 4) is 0 Å². The largest absolute Gasteiger partial charge is 0.478 e. The van der Waals surface area contributed by atoms with Crippen molar-refractivity contribution in [3.05, 3.63) is 30.0 Å². The summed E-state index contributed by atoms with van der Waals surface area (Å²) in [6.07, 6.45) is 3.32. The van der Waals surface area contributed by atoms with Gasteiger partial charge < -0.3 is 10.4 Å². The molecule has 18 heavy (non-hydrogen) atoms. The zero-order valence-electron chi connectivity index (χ0n) is 9.96. The topological polar surface area (TPSA) is 79.3 Å². The molecule has 94 valence electrons. The Kier molecular flexibility index (Phi) is 3.41. The van der Waals surface area contributed by atoms with E-state index in [9.17, 15) is 9.59 Å². The van der Waals surface area contributed by atoms with Crippen LogP contribution in [0.1, 0.15) is 19.0 Å². The molecule has 5 heteroatoms. The van der Waals surface area contributed by atoms with Gasteiger partial charge in [-0.3, -0.25) is 4.79 Å². The number of aromatic nitrogens is 1. The van der Waals surface area contributed by atoms with Gasteiger partial charge in [-0.1, -0.05) is 13.0 Å². The third kappa shape index (κ3) is 3.16. The van der Waals surface area contributed by atoms with Crippen molar-refractivity contribution in [2.75, 3.05) is 5.32 Å². The summed E-state index contributed by atoms with van der Waals surface area (Å²) in [4.78, 5) is 26.2.